The number of likely N-dealkylation sites (tertiary alicyclic amines) is 1. The summed E-state index contributed by atoms with van der Waals surface area (Å²) in [6.07, 6.45) is 2.70. The summed E-state index contributed by atoms with van der Waals surface area (Å²) in [5, 5.41) is 6.46. The molecule has 2 heteroatoms. The first kappa shape index (κ1) is 14.6. The fraction of sp³-hybridized carbons (Fsp3) is 0.474. The molecule has 1 fully saturated rings. The van der Waals surface area contributed by atoms with E-state index in [1.165, 1.54) is 42.3 Å². The van der Waals surface area contributed by atoms with E-state index in [0.29, 0.717) is 6.04 Å². The number of rotatable bonds is 4. The smallest absolute Gasteiger partial charge is 0.0298 e. The average molecular weight is 282 g/mol. The van der Waals surface area contributed by atoms with Crippen molar-refractivity contribution in [2.75, 3.05) is 26.7 Å². The van der Waals surface area contributed by atoms with Crippen molar-refractivity contribution in [2.24, 2.45) is 5.92 Å². The number of hydrogen-bond donors (Lipinski definition) is 1. The Bertz CT molecular complexity index is 588. The predicted molar refractivity (Wildman–Crippen MR) is 90.6 cm³/mol. The molecule has 21 heavy (non-hydrogen) atoms. The van der Waals surface area contributed by atoms with Crippen LogP contribution >= 0.6 is 0 Å². The van der Waals surface area contributed by atoms with Gasteiger partial charge in [0, 0.05) is 12.6 Å². The highest BCUT2D eigenvalue weighted by atomic mass is 15.1. The molecule has 1 saturated heterocycles. The molecule has 0 spiro atoms. The monoisotopic (exact) mass is 282 g/mol. The quantitative estimate of drug-likeness (QED) is 0.917. The lowest BCUT2D eigenvalue weighted by atomic mass is 9.96. The predicted octanol–water partition coefficient (Wildman–Crippen LogP) is 3.83. The second-order valence-corrected chi connectivity index (χ2v) is 6.47. The van der Waals surface area contributed by atoms with Crippen LogP contribution in [0.15, 0.2) is 42.5 Å². The molecular weight excluding hydrogens is 256 g/mol. The average Bonchev–Trinajstić information content (AvgIpc) is 2.52. The van der Waals surface area contributed by atoms with Gasteiger partial charge in [-0.2, -0.15) is 0 Å². The van der Waals surface area contributed by atoms with Crippen molar-refractivity contribution in [3.63, 3.8) is 0 Å². The van der Waals surface area contributed by atoms with Crippen molar-refractivity contribution in [3.05, 3.63) is 48.0 Å². The summed E-state index contributed by atoms with van der Waals surface area (Å²) in [5.74, 6) is 0.793. The van der Waals surface area contributed by atoms with E-state index in [-0.39, 0.29) is 0 Å². The van der Waals surface area contributed by atoms with Gasteiger partial charge in [-0.25, -0.2) is 0 Å². The van der Waals surface area contributed by atoms with Crippen LogP contribution in [0.1, 0.15) is 31.4 Å². The van der Waals surface area contributed by atoms with Gasteiger partial charge in [0.1, 0.15) is 0 Å². The molecule has 1 aliphatic heterocycles. The molecule has 0 radical (unpaired) electrons. The Morgan fingerprint density at radius 1 is 1.19 bits per heavy atom. The van der Waals surface area contributed by atoms with Crippen LogP contribution in [0.25, 0.3) is 10.8 Å². The molecule has 2 aromatic rings. The minimum Gasteiger partial charge on any atom is -0.310 e. The van der Waals surface area contributed by atoms with Gasteiger partial charge in [-0.15, -0.1) is 0 Å². The van der Waals surface area contributed by atoms with Crippen LogP contribution in [-0.2, 0) is 0 Å². The van der Waals surface area contributed by atoms with Gasteiger partial charge in [0.25, 0.3) is 0 Å². The zero-order chi connectivity index (χ0) is 14.7. The largest absolute Gasteiger partial charge is 0.310 e. The second kappa shape index (κ2) is 6.59. The first-order valence-electron chi connectivity index (χ1n) is 8.13. The van der Waals surface area contributed by atoms with Gasteiger partial charge in [0.15, 0.2) is 0 Å². The van der Waals surface area contributed by atoms with Crippen LogP contribution in [0.4, 0.5) is 0 Å². The lowest BCUT2D eigenvalue weighted by Crippen LogP contribution is -2.38. The van der Waals surface area contributed by atoms with E-state index >= 15 is 0 Å². The van der Waals surface area contributed by atoms with E-state index < -0.39 is 0 Å². The van der Waals surface area contributed by atoms with Crippen LogP contribution in [0.5, 0.6) is 0 Å². The molecule has 2 aromatic carbocycles. The van der Waals surface area contributed by atoms with Crippen molar-refractivity contribution < 1.29 is 0 Å². The third-order valence-corrected chi connectivity index (χ3v) is 4.72. The van der Waals surface area contributed by atoms with Gasteiger partial charge in [-0.3, -0.25) is 0 Å². The summed E-state index contributed by atoms with van der Waals surface area (Å²) in [6, 6.07) is 15.7. The van der Waals surface area contributed by atoms with Gasteiger partial charge >= 0.3 is 0 Å². The van der Waals surface area contributed by atoms with Crippen LogP contribution in [0.3, 0.4) is 0 Å². The van der Waals surface area contributed by atoms with Gasteiger partial charge in [-0.1, -0.05) is 42.5 Å². The Balaban J connectivity index is 1.68. The maximum absolute atomic E-state index is 3.75. The molecule has 1 heterocycles. The summed E-state index contributed by atoms with van der Waals surface area (Å²) in [5.41, 5.74) is 1.41. The molecule has 112 valence electrons. The van der Waals surface area contributed by atoms with E-state index in [9.17, 15) is 0 Å². The summed E-state index contributed by atoms with van der Waals surface area (Å²) in [7, 11) is 2.24. The highest BCUT2D eigenvalue weighted by molar-refractivity contribution is 5.86. The number of hydrogen-bond acceptors (Lipinski definition) is 2. The standard InChI is InChI=1S/C19H26N2/c1-15(20-13-16-7-6-12-21(2)14-16)18-11-5-9-17-8-3-4-10-19(17)18/h3-5,8-11,15-16,20H,6-7,12-14H2,1-2H3. The van der Waals surface area contributed by atoms with Crippen molar-refractivity contribution in [2.45, 2.75) is 25.8 Å². The molecule has 0 aromatic heterocycles. The lowest BCUT2D eigenvalue weighted by molar-refractivity contribution is 0.203. The second-order valence-electron chi connectivity index (χ2n) is 6.47. The first-order chi connectivity index (χ1) is 10.2. The Morgan fingerprint density at radius 3 is 2.86 bits per heavy atom. The number of piperidine rings is 1. The zero-order valence-corrected chi connectivity index (χ0v) is 13.2. The summed E-state index contributed by atoms with van der Waals surface area (Å²) in [4.78, 5) is 2.46. The molecule has 3 rings (SSSR count). The fourth-order valence-electron chi connectivity index (χ4n) is 3.52. The van der Waals surface area contributed by atoms with Crippen LogP contribution < -0.4 is 5.32 Å². The molecule has 2 unspecified atom stereocenters. The minimum absolute atomic E-state index is 0.406. The van der Waals surface area contributed by atoms with Gasteiger partial charge in [0.05, 0.1) is 0 Å². The Kier molecular flexibility index (Phi) is 4.57. The molecule has 1 aliphatic rings. The number of benzene rings is 2. The highest BCUT2D eigenvalue weighted by Gasteiger charge is 2.18. The molecule has 0 saturated carbocycles. The van der Waals surface area contributed by atoms with Crippen molar-refractivity contribution >= 4 is 10.8 Å². The minimum atomic E-state index is 0.406. The molecule has 0 amide bonds. The van der Waals surface area contributed by atoms with Crippen LogP contribution in [0, 0.1) is 5.92 Å². The fourth-order valence-corrected chi connectivity index (χ4v) is 3.52. The van der Waals surface area contributed by atoms with Crippen LogP contribution in [-0.4, -0.2) is 31.6 Å². The third-order valence-electron chi connectivity index (χ3n) is 4.72. The summed E-state index contributed by atoms with van der Waals surface area (Å²) < 4.78 is 0. The van der Waals surface area contributed by atoms with E-state index in [4.69, 9.17) is 0 Å². The zero-order valence-electron chi connectivity index (χ0n) is 13.2. The van der Waals surface area contributed by atoms with Crippen molar-refractivity contribution in [1.29, 1.82) is 0 Å². The van der Waals surface area contributed by atoms with Crippen molar-refractivity contribution in [3.8, 4) is 0 Å². The van der Waals surface area contributed by atoms with E-state index in [1.54, 1.807) is 0 Å². The molecule has 0 bridgehead atoms. The Hall–Kier alpha value is -1.38. The van der Waals surface area contributed by atoms with E-state index in [0.717, 1.165) is 12.5 Å². The third kappa shape index (κ3) is 3.45. The number of nitrogens with zero attached hydrogens (tertiary/aromatic N) is 1. The molecule has 2 nitrogen and oxygen atoms in total. The molecule has 0 aliphatic carbocycles. The molecule has 2 atom stereocenters. The highest BCUT2D eigenvalue weighted by Crippen LogP contribution is 2.24. The van der Waals surface area contributed by atoms with E-state index in [2.05, 4.69) is 66.7 Å². The Labute approximate surface area is 128 Å². The molecule has 1 N–H and O–H groups in total. The van der Waals surface area contributed by atoms with Crippen molar-refractivity contribution in [1.82, 2.24) is 10.2 Å². The maximum atomic E-state index is 3.75. The van der Waals surface area contributed by atoms with Gasteiger partial charge in [0.2, 0.25) is 0 Å². The summed E-state index contributed by atoms with van der Waals surface area (Å²) in [6.45, 7) is 5.90. The first-order valence-corrected chi connectivity index (χ1v) is 8.13. The molecular formula is C19H26N2. The van der Waals surface area contributed by atoms with E-state index in [1.807, 2.05) is 0 Å². The van der Waals surface area contributed by atoms with Gasteiger partial charge in [-0.05, 0) is 62.2 Å². The van der Waals surface area contributed by atoms with Gasteiger partial charge < -0.3 is 10.2 Å². The number of fused-ring (bicyclic) bond motifs is 1. The maximum Gasteiger partial charge on any atom is 0.0298 e. The lowest BCUT2D eigenvalue weighted by Gasteiger charge is -2.30. The normalized spacial score (nSPS) is 21.5. The topological polar surface area (TPSA) is 15.3 Å². The number of nitrogens with one attached hydrogen (secondary N) is 1. The Morgan fingerprint density at radius 2 is 2.00 bits per heavy atom. The summed E-state index contributed by atoms with van der Waals surface area (Å²) >= 11 is 0. The SMILES string of the molecule is CC(NCC1CCCN(C)C1)c1cccc2ccccc12. The van der Waals surface area contributed by atoms with Crippen LogP contribution in [0.2, 0.25) is 0 Å².